The van der Waals surface area contributed by atoms with Crippen LogP contribution in [-0.2, 0) is 4.43 Å². The summed E-state index contributed by atoms with van der Waals surface area (Å²) in [7, 11) is -2.55. The number of aliphatic hydroxyl groups excluding tert-OH is 2. The van der Waals surface area contributed by atoms with E-state index in [1.54, 1.807) is 6.08 Å². The predicted molar refractivity (Wildman–Crippen MR) is 115 cm³/mol. The molecule has 1 atom stereocenters. The third kappa shape index (κ3) is 4.96. The van der Waals surface area contributed by atoms with Crippen molar-refractivity contribution in [2.24, 2.45) is 0 Å². The fourth-order valence-corrected chi connectivity index (χ4v) is 8.17. The Kier molecular flexibility index (Phi) is 7.56. The van der Waals surface area contributed by atoms with Gasteiger partial charge in [-0.15, -0.1) is 0 Å². The van der Waals surface area contributed by atoms with Crippen molar-refractivity contribution in [3.8, 4) is 0 Å². The highest BCUT2D eigenvalue weighted by molar-refractivity contribution is 6.99. The summed E-state index contributed by atoms with van der Waals surface area (Å²) >= 11 is 0. The van der Waals surface area contributed by atoms with Crippen molar-refractivity contribution >= 4 is 18.7 Å². The molecule has 4 heteroatoms. The minimum atomic E-state index is -2.55. The lowest BCUT2D eigenvalue weighted by Crippen LogP contribution is -2.66. The van der Waals surface area contributed by atoms with E-state index < -0.39 is 14.4 Å². The SMILES string of the molecule is C/C(=C/CO)[C@@H](O)CCO[Si](c1ccccc1)(c1ccccc1)C(C)(C)C. The van der Waals surface area contributed by atoms with Crippen molar-refractivity contribution in [2.75, 3.05) is 13.2 Å². The van der Waals surface area contributed by atoms with Crippen LogP contribution in [0.25, 0.3) is 0 Å². The summed E-state index contributed by atoms with van der Waals surface area (Å²) in [5, 5.41) is 21.8. The van der Waals surface area contributed by atoms with Gasteiger partial charge in [0, 0.05) is 6.61 Å². The molecule has 0 aliphatic rings. The summed E-state index contributed by atoms with van der Waals surface area (Å²) in [4.78, 5) is 0. The van der Waals surface area contributed by atoms with Gasteiger partial charge in [-0.25, -0.2) is 0 Å². The van der Waals surface area contributed by atoms with Crippen LogP contribution in [0.3, 0.4) is 0 Å². The quantitative estimate of drug-likeness (QED) is 0.543. The zero-order chi connectivity index (χ0) is 19.9. The van der Waals surface area contributed by atoms with Crippen LogP contribution in [0.15, 0.2) is 72.3 Å². The summed E-state index contributed by atoms with van der Waals surface area (Å²) in [5.41, 5.74) is 0.781. The molecule has 0 bridgehead atoms. The monoisotopic (exact) mass is 384 g/mol. The summed E-state index contributed by atoms with van der Waals surface area (Å²) in [5.74, 6) is 0. The molecule has 3 nitrogen and oxygen atoms in total. The Morgan fingerprint density at radius 3 is 1.89 bits per heavy atom. The van der Waals surface area contributed by atoms with Gasteiger partial charge in [-0.3, -0.25) is 0 Å². The van der Waals surface area contributed by atoms with Crippen molar-refractivity contribution in [3.63, 3.8) is 0 Å². The van der Waals surface area contributed by atoms with Gasteiger partial charge in [0.25, 0.3) is 8.32 Å². The lowest BCUT2D eigenvalue weighted by Gasteiger charge is -2.43. The molecule has 0 aliphatic heterocycles. The van der Waals surface area contributed by atoms with Crippen LogP contribution < -0.4 is 10.4 Å². The molecule has 0 fully saturated rings. The molecule has 0 aromatic heterocycles. The average molecular weight is 385 g/mol. The molecule has 0 unspecified atom stereocenters. The molecule has 2 rings (SSSR count). The van der Waals surface area contributed by atoms with E-state index >= 15 is 0 Å². The highest BCUT2D eigenvalue weighted by atomic mass is 28.4. The molecule has 0 aliphatic carbocycles. The molecule has 146 valence electrons. The zero-order valence-electron chi connectivity index (χ0n) is 16.9. The zero-order valence-corrected chi connectivity index (χ0v) is 17.9. The first-order valence-corrected chi connectivity index (χ1v) is 11.4. The predicted octanol–water partition coefficient (Wildman–Crippen LogP) is 3.25. The summed E-state index contributed by atoms with van der Waals surface area (Å²) in [6.45, 7) is 8.97. The van der Waals surface area contributed by atoms with Gasteiger partial charge in [0.15, 0.2) is 0 Å². The molecule has 0 radical (unpaired) electrons. The largest absolute Gasteiger partial charge is 0.407 e. The second-order valence-electron chi connectivity index (χ2n) is 7.95. The minimum absolute atomic E-state index is 0.0571. The third-order valence-electron chi connectivity index (χ3n) is 5.07. The molecular weight excluding hydrogens is 352 g/mol. The molecule has 0 saturated heterocycles. The van der Waals surface area contributed by atoms with Gasteiger partial charge in [-0.1, -0.05) is 87.5 Å². The van der Waals surface area contributed by atoms with Crippen LogP contribution >= 0.6 is 0 Å². The highest BCUT2D eigenvalue weighted by Gasteiger charge is 2.50. The van der Waals surface area contributed by atoms with Crippen LogP contribution in [-0.4, -0.2) is 37.8 Å². The molecule has 0 heterocycles. The van der Waals surface area contributed by atoms with Crippen LogP contribution in [0, 0.1) is 0 Å². The van der Waals surface area contributed by atoms with Gasteiger partial charge < -0.3 is 14.6 Å². The van der Waals surface area contributed by atoms with Crippen LogP contribution in [0.5, 0.6) is 0 Å². The molecule has 0 spiro atoms. The molecule has 27 heavy (non-hydrogen) atoms. The Morgan fingerprint density at radius 1 is 1.00 bits per heavy atom. The third-order valence-corrected chi connectivity index (χ3v) is 10.1. The highest BCUT2D eigenvalue weighted by Crippen LogP contribution is 2.36. The van der Waals surface area contributed by atoms with E-state index in [0.29, 0.717) is 13.0 Å². The van der Waals surface area contributed by atoms with E-state index in [1.165, 1.54) is 10.4 Å². The topological polar surface area (TPSA) is 49.7 Å². The van der Waals surface area contributed by atoms with Crippen LogP contribution in [0.1, 0.15) is 34.1 Å². The lowest BCUT2D eigenvalue weighted by molar-refractivity contribution is 0.164. The Labute approximate surface area is 164 Å². The second-order valence-corrected chi connectivity index (χ2v) is 12.3. The molecule has 2 aromatic carbocycles. The van der Waals surface area contributed by atoms with E-state index in [9.17, 15) is 5.11 Å². The van der Waals surface area contributed by atoms with Crippen molar-refractivity contribution in [1.29, 1.82) is 0 Å². The number of hydrogen-bond donors (Lipinski definition) is 2. The first kappa shape index (κ1) is 21.6. The number of aliphatic hydroxyl groups is 2. The normalized spacial score (nSPS) is 14.2. The van der Waals surface area contributed by atoms with Gasteiger partial charge in [0.05, 0.1) is 12.7 Å². The minimum Gasteiger partial charge on any atom is -0.407 e. The summed E-state index contributed by atoms with van der Waals surface area (Å²) in [6, 6.07) is 21.0. The van der Waals surface area contributed by atoms with Crippen molar-refractivity contribution < 1.29 is 14.6 Å². The maximum Gasteiger partial charge on any atom is 0.261 e. The molecule has 2 aromatic rings. The van der Waals surface area contributed by atoms with E-state index in [-0.39, 0.29) is 11.6 Å². The smallest absolute Gasteiger partial charge is 0.261 e. The van der Waals surface area contributed by atoms with Crippen molar-refractivity contribution in [2.45, 2.75) is 45.3 Å². The van der Waals surface area contributed by atoms with Gasteiger partial charge in [-0.2, -0.15) is 0 Å². The van der Waals surface area contributed by atoms with Crippen LogP contribution in [0.4, 0.5) is 0 Å². The number of hydrogen-bond acceptors (Lipinski definition) is 3. The van der Waals surface area contributed by atoms with E-state index in [4.69, 9.17) is 9.53 Å². The molecule has 2 N–H and O–H groups in total. The maximum atomic E-state index is 10.3. The molecule has 0 amide bonds. The average Bonchev–Trinajstić information content (AvgIpc) is 2.65. The summed E-state index contributed by atoms with van der Waals surface area (Å²) in [6.07, 6.45) is 1.55. The fourth-order valence-electron chi connectivity index (χ4n) is 3.59. The standard InChI is InChI=1S/C23H32O3Si/c1-19(15-17-24)22(25)16-18-26-27(23(2,3)4,20-11-7-5-8-12-20)21-13-9-6-10-14-21/h5-15,22,24-25H,16-18H2,1-4H3/b19-15-/t22-/m0/s1. The lowest BCUT2D eigenvalue weighted by atomic mass is 10.1. The Morgan fingerprint density at radius 2 is 1.48 bits per heavy atom. The number of benzene rings is 2. The fraction of sp³-hybridized carbons (Fsp3) is 0.391. The Balaban J connectivity index is 2.40. The van der Waals surface area contributed by atoms with Gasteiger partial charge >= 0.3 is 0 Å². The van der Waals surface area contributed by atoms with Crippen molar-refractivity contribution in [3.05, 3.63) is 72.3 Å². The van der Waals surface area contributed by atoms with Gasteiger partial charge in [0.1, 0.15) is 0 Å². The van der Waals surface area contributed by atoms with Crippen LogP contribution in [0.2, 0.25) is 5.04 Å². The number of rotatable bonds is 8. The molecular formula is C23H32O3Si. The maximum absolute atomic E-state index is 10.3. The van der Waals surface area contributed by atoms with Gasteiger partial charge in [0.2, 0.25) is 0 Å². The van der Waals surface area contributed by atoms with E-state index in [2.05, 4.69) is 69.3 Å². The van der Waals surface area contributed by atoms with E-state index in [0.717, 1.165) is 5.57 Å². The van der Waals surface area contributed by atoms with Crippen molar-refractivity contribution in [1.82, 2.24) is 0 Å². The van der Waals surface area contributed by atoms with Gasteiger partial charge in [-0.05, 0) is 34.3 Å². The second kappa shape index (κ2) is 9.47. The Bertz CT molecular complexity index is 681. The molecule has 0 saturated carbocycles. The first-order valence-electron chi connectivity index (χ1n) is 9.53. The summed E-state index contributed by atoms with van der Waals surface area (Å²) < 4.78 is 6.75. The first-order chi connectivity index (χ1) is 12.8. The Hall–Kier alpha value is -1.72. The van der Waals surface area contributed by atoms with E-state index in [1.807, 2.05) is 19.1 Å².